The number of ether oxygens (including phenoxy) is 1. The van der Waals surface area contributed by atoms with E-state index >= 15 is 0 Å². The van der Waals surface area contributed by atoms with Crippen LogP contribution >= 0.6 is 11.6 Å². The van der Waals surface area contributed by atoms with Gasteiger partial charge in [-0.25, -0.2) is 4.39 Å². The van der Waals surface area contributed by atoms with Crippen molar-refractivity contribution in [3.63, 3.8) is 0 Å². The van der Waals surface area contributed by atoms with Crippen molar-refractivity contribution in [1.82, 2.24) is 5.32 Å². The molecule has 17 heavy (non-hydrogen) atoms. The summed E-state index contributed by atoms with van der Waals surface area (Å²) in [5.41, 5.74) is 0.923. The number of benzene rings is 1. The summed E-state index contributed by atoms with van der Waals surface area (Å²) < 4.78 is 18.4. The van der Waals surface area contributed by atoms with Crippen molar-refractivity contribution in [3.8, 4) is 0 Å². The molecule has 1 aliphatic rings. The molecule has 2 nitrogen and oxygen atoms in total. The lowest BCUT2D eigenvalue weighted by Gasteiger charge is -2.22. The maximum atomic E-state index is 13.0. The molecule has 0 amide bonds. The molecular formula is C13H17ClFNO. The maximum absolute atomic E-state index is 13.0. The highest BCUT2D eigenvalue weighted by molar-refractivity contribution is 6.31. The summed E-state index contributed by atoms with van der Waals surface area (Å²) in [6, 6.07) is 4.95. The molecule has 2 rings (SSSR count). The van der Waals surface area contributed by atoms with Gasteiger partial charge in [0.15, 0.2) is 0 Å². The molecule has 1 aromatic carbocycles. The minimum absolute atomic E-state index is 0.0947. The van der Waals surface area contributed by atoms with Crippen LogP contribution in [0.2, 0.25) is 5.02 Å². The number of rotatable bonds is 3. The van der Waals surface area contributed by atoms with E-state index in [0.717, 1.165) is 18.6 Å². The zero-order chi connectivity index (χ0) is 12.4. The Balaban J connectivity index is 2.06. The van der Waals surface area contributed by atoms with Crippen LogP contribution in [0.25, 0.3) is 0 Å². The van der Waals surface area contributed by atoms with Crippen LogP contribution in [-0.2, 0) is 4.74 Å². The molecule has 1 aromatic rings. The van der Waals surface area contributed by atoms with Crippen molar-refractivity contribution in [2.75, 3.05) is 6.61 Å². The standard InChI is InChI=1S/C13H17ClFNO/c1-8(16-13-5-6-17-9(13)2)11-4-3-10(15)7-12(11)14/h3-4,7-9,13,16H,5-6H2,1-2H3. The lowest BCUT2D eigenvalue weighted by atomic mass is 10.1. The first-order valence-corrected chi connectivity index (χ1v) is 6.28. The van der Waals surface area contributed by atoms with Gasteiger partial charge in [-0.15, -0.1) is 0 Å². The summed E-state index contributed by atoms with van der Waals surface area (Å²) in [4.78, 5) is 0. The quantitative estimate of drug-likeness (QED) is 0.897. The van der Waals surface area contributed by atoms with E-state index in [0.29, 0.717) is 11.1 Å². The van der Waals surface area contributed by atoms with Crippen LogP contribution in [-0.4, -0.2) is 18.8 Å². The molecule has 4 heteroatoms. The second-order valence-corrected chi connectivity index (χ2v) is 4.93. The fraction of sp³-hybridized carbons (Fsp3) is 0.538. The summed E-state index contributed by atoms with van der Waals surface area (Å²) in [5, 5.41) is 3.94. The van der Waals surface area contributed by atoms with E-state index in [1.54, 1.807) is 6.07 Å². The van der Waals surface area contributed by atoms with Crippen molar-refractivity contribution in [1.29, 1.82) is 0 Å². The van der Waals surface area contributed by atoms with Crippen molar-refractivity contribution < 1.29 is 9.13 Å². The van der Waals surface area contributed by atoms with E-state index in [1.807, 2.05) is 6.92 Å². The predicted molar refractivity (Wildman–Crippen MR) is 66.8 cm³/mol. The Morgan fingerprint density at radius 1 is 1.53 bits per heavy atom. The number of nitrogens with one attached hydrogen (secondary N) is 1. The van der Waals surface area contributed by atoms with Gasteiger partial charge in [0.1, 0.15) is 5.82 Å². The molecule has 1 aliphatic heterocycles. The van der Waals surface area contributed by atoms with Crippen LogP contribution in [0.5, 0.6) is 0 Å². The van der Waals surface area contributed by atoms with Crippen LogP contribution in [0.1, 0.15) is 31.9 Å². The molecule has 0 bridgehead atoms. The van der Waals surface area contributed by atoms with Crippen molar-refractivity contribution >= 4 is 11.6 Å². The van der Waals surface area contributed by atoms with Crippen molar-refractivity contribution in [2.45, 2.75) is 38.5 Å². The van der Waals surface area contributed by atoms with Gasteiger partial charge in [-0.3, -0.25) is 0 Å². The maximum Gasteiger partial charge on any atom is 0.124 e. The molecule has 1 fully saturated rings. The summed E-state index contributed by atoms with van der Waals surface area (Å²) in [6.45, 7) is 4.89. The third-order valence-electron chi connectivity index (χ3n) is 3.27. The summed E-state index contributed by atoms with van der Waals surface area (Å²) in [5.74, 6) is -0.302. The minimum atomic E-state index is -0.302. The average molecular weight is 258 g/mol. The molecule has 0 saturated carbocycles. The van der Waals surface area contributed by atoms with Gasteiger partial charge in [0.2, 0.25) is 0 Å². The first kappa shape index (κ1) is 12.8. The van der Waals surface area contributed by atoms with Crippen LogP contribution in [0, 0.1) is 5.82 Å². The van der Waals surface area contributed by atoms with E-state index in [2.05, 4.69) is 12.2 Å². The minimum Gasteiger partial charge on any atom is -0.377 e. The second-order valence-electron chi connectivity index (χ2n) is 4.53. The monoisotopic (exact) mass is 257 g/mol. The van der Waals surface area contributed by atoms with E-state index in [9.17, 15) is 4.39 Å². The first-order valence-electron chi connectivity index (χ1n) is 5.90. The van der Waals surface area contributed by atoms with Crippen LogP contribution < -0.4 is 5.32 Å². The second kappa shape index (κ2) is 5.34. The third-order valence-corrected chi connectivity index (χ3v) is 3.60. The SMILES string of the molecule is CC(NC1CCOC1C)c1ccc(F)cc1Cl. The Morgan fingerprint density at radius 3 is 2.88 bits per heavy atom. The Morgan fingerprint density at radius 2 is 2.29 bits per heavy atom. The lowest BCUT2D eigenvalue weighted by molar-refractivity contribution is 0.111. The van der Waals surface area contributed by atoms with E-state index in [1.165, 1.54) is 12.1 Å². The van der Waals surface area contributed by atoms with E-state index < -0.39 is 0 Å². The van der Waals surface area contributed by atoms with Crippen LogP contribution in [0.4, 0.5) is 4.39 Å². The molecule has 1 saturated heterocycles. The largest absolute Gasteiger partial charge is 0.377 e. The lowest BCUT2D eigenvalue weighted by Crippen LogP contribution is -2.36. The molecule has 3 atom stereocenters. The fourth-order valence-corrected chi connectivity index (χ4v) is 2.55. The van der Waals surface area contributed by atoms with Gasteiger partial charge in [0, 0.05) is 23.7 Å². The molecule has 0 aliphatic carbocycles. The van der Waals surface area contributed by atoms with Crippen molar-refractivity contribution in [2.24, 2.45) is 0 Å². The topological polar surface area (TPSA) is 21.3 Å². The van der Waals surface area contributed by atoms with E-state index in [-0.39, 0.29) is 18.0 Å². The van der Waals surface area contributed by atoms with Gasteiger partial charge in [0.25, 0.3) is 0 Å². The predicted octanol–water partition coefficient (Wildman–Crippen LogP) is 3.31. The molecular weight excluding hydrogens is 241 g/mol. The van der Waals surface area contributed by atoms with Gasteiger partial charge in [0.05, 0.1) is 6.10 Å². The number of hydrogen-bond donors (Lipinski definition) is 1. The Labute approximate surface area is 106 Å². The normalized spacial score (nSPS) is 26.1. The molecule has 94 valence electrons. The van der Waals surface area contributed by atoms with Gasteiger partial charge in [-0.1, -0.05) is 17.7 Å². The highest BCUT2D eigenvalue weighted by Gasteiger charge is 2.26. The molecule has 0 spiro atoms. The van der Waals surface area contributed by atoms with Gasteiger partial charge in [-0.05, 0) is 38.0 Å². The summed E-state index contributed by atoms with van der Waals surface area (Å²) in [7, 11) is 0. The Bertz CT molecular complexity index is 399. The molecule has 1 heterocycles. The summed E-state index contributed by atoms with van der Waals surface area (Å²) >= 11 is 6.03. The first-order chi connectivity index (χ1) is 8.08. The number of hydrogen-bond acceptors (Lipinski definition) is 2. The van der Waals surface area contributed by atoms with Crippen LogP contribution in [0.15, 0.2) is 18.2 Å². The van der Waals surface area contributed by atoms with Crippen molar-refractivity contribution in [3.05, 3.63) is 34.6 Å². The molecule has 0 radical (unpaired) electrons. The third kappa shape index (κ3) is 2.97. The molecule has 1 N–H and O–H groups in total. The van der Waals surface area contributed by atoms with E-state index in [4.69, 9.17) is 16.3 Å². The Kier molecular flexibility index (Phi) is 4.02. The van der Waals surface area contributed by atoms with Crippen LogP contribution in [0.3, 0.4) is 0 Å². The van der Waals surface area contributed by atoms with Gasteiger partial charge in [-0.2, -0.15) is 0 Å². The smallest absolute Gasteiger partial charge is 0.124 e. The molecule has 0 aromatic heterocycles. The zero-order valence-corrected chi connectivity index (χ0v) is 10.8. The average Bonchev–Trinajstić information content (AvgIpc) is 2.64. The highest BCUT2D eigenvalue weighted by atomic mass is 35.5. The van der Waals surface area contributed by atoms with Gasteiger partial charge >= 0.3 is 0 Å². The number of halogens is 2. The zero-order valence-electron chi connectivity index (χ0n) is 10.0. The van der Waals surface area contributed by atoms with Gasteiger partial charge < -0.3 is 10.1 Å². The fourth-order valence-electron chi connectivity index (χ4n) is 2.21. The molecule has 3 unspecified atom stereocenters. The Hall–Kier alpha value is -0.640. The summed E-state index contributed by atoms with van der Waals surface area (Å²) in [6.07, 6.45) is 1.22. The highest BCUT2D eigenvalue weighted by Crippen LogP contribution is 2.25.